The molecule has 0 saturated carbocycles. The number of hydrogen-bond acceptors (Lipinski definition) is 5. The molecular formula is C16H15F4N5S. The van der Waals surface area contributed by atoms with Gasteiger partial charge in [0.25, 0.3) is 5.78 Å². The van der Waals surface area contributed by atoms with Gasteiger partial charge in [-0.2, -0.15) is 27.8 Å². The number of nitrogens with zero attached hydrogens (tertiary/aromatic N) is 4. The summed E-state index contributed by atoms with van der Waals surface area (Å²) in [5.74, 6) is 0.137. The molecule has 0 aliphatic carbocycles. The first-order valence-corrected chi connectivity index (χ1v) is 8.57. The first-order valence-electron chi connectivity index (χ1n) is 7.76. The molecule has 2 aromatic heterocycles. The Morgan fingerprint density at radius 1 is 1.27 bits per heavy atom. The first-order chi connectivity index (χ1) is 12.3. The standard InChI is InChI=1S/C16H15F4N5S/c1-3-12(10-4-5-13(11(17)7-10)26-16(18,19)20)24-14-6-9(2)23-15-21-8-22-25(14)15/h4-8,12,24H,3H2,1-2H3/t12-/m1/s1. The number of thioether (sulfide) groups is 1. The minimum absolute atomic E-state index is 0.316. The highest BCUT2D eigenvalue weighted by Gasteiger charge is 2.31. The van der Waals surface area contributed by atoms with E-state index in [1.807, 2.05) is 13.8 Å². The van der Waals surface area contributed by atoms with Crippen LogP contribution in [0.4, 0.5) is 23.4 Å². The number of halogens is 4. The molecule has 138 valence electrons. The third-order valence-electron chi connectivity index (χ3n) is 3.69. The van der Waals surface area contributed by atoms with Crippen molar-refractivity contribution in [3.63, 3.8) is 0 Å². The van der Waals surface area contributed by atoms with E-state index in [1.54, 1.807) is 6.07 Å². The average Bonchev–Trinajstić information content (AvgIpc) is 3.01. The van der Waals surface area contributed by atoms with Crippen LogP contribution < -0.4 is 5.32 Å². The van der Waals surface area contributed by atoms with Gasteiger partial charge in [0, 0.05) is 11.8 Å². The Labute approximate surface area is 150 Å². The van der Waals surface area contributed by atoms with Crippen LogP contribution >= 0.6 is 11.8 Å². The highest BCUT2D eigenvalue weighted by Crippen LogP contribution is 2.39. The smallest absolute Gasteiger partial charge is 0.363 e. The number of hydrogen-bond donors (Lipinski definition) is 1. The molecule has 5 nitrogen and oxygen atoms in total. The van der Waals surface area contributed by atoms with E-state index in [0.29, 0.717) is 23.6 Å². The summed E-state index contributed by atoms with van der Waals surface area (Å²) in [5, 5.41) is 7.33. The van der Waals surface area contributed by atoms with Crippen LogP contribution in [-0.2, 0) is 0 Å². The van der Waals surface area contributed by atoms with Crippen molar-refractivity contribution in [2.45, 2.75) is 36.7 Å². The van der Waals surface area contributed by atoms with Crippen LogP contribution in [0.1, 0.15) is 30.6 Å². The summed E-state index contributed by atoms with van der Waals surface area (Å²) in [5.41, 5.74) is -3.26. The molecular weight excluding hydrogens is 370 g/mol. The highest BCUT2D eigenvalue weighted by atomic mass is 32.2. The molecule has 0 radical (unpaired) electrons. The Morgan fingerprint density at radius 3 is 2.69 bits per heavy atom. The van der Waals surface area contributed by atoms with Gasteiger partial charge in [-0.25, -0.2) is 9.37 Å². The van der Waals surface area contributed by atoms with Gasteiger partial charge in [-0.1, -0.05) is 13.0 Å². The predicted molar refractivity (Wildman–Crippen MR) is 90.5 cm³/mol. The molecule has 3 rings (SSSR count). The largest absolute Gasteiger partial charge is 0.446 e. The van der Waals surface area contributed by atoms with Crippen LogP contribution in [0.2, 0.25) is 0 Å². The van der Waals surface area contributed by atoms with Crippen molar-refractivity contribution in [3.05, 3.63) is 47.7 Å². The fourth-order valence-electron chi connectivity index (χ4n) is 2.57. The Bertz CT molecular complexity index is 925. The monoisotopic (exact) mass is 385 g/mol. The molecule has 0 spiro atoms. The predicted octanol–water partition coefficient (Wildman–Crippen LogP) is 4.75. The first kappa shape index (κ1) is 18.4. The second-order valence-electron chi connectivity index (χ2n) is 5.60. The minimum atomic E-state index is -4.53. The Kier molecular flexibility index (Phi) is 5.03. The SMILES string of the molecule is CC[C@@H](Nc1cc(C)nc2ncnn12)c1ccc(SC(F)(F)F)c(F)c1. The van der Waals surface area contributed by atoms with Crippen molar-refractivity contribution in [1.82, 2.24) is 19.6 Å². The molecule has 3 aromatic rings. The van der Waals surface area contributed by atoms with Gasteiger partial charge in [0.1, 0.15) is 18.0 Å². The number of rotatable bonds is 5. The lowest BCUT2D eigenvalue weighted by molar-refractivity contribution is -0.0329. The van der Waals surface area contributed by atoms with Crippen LogP contribution in [0.25, 0.3) is 5.78 Å². The molecule has 0 saturated heterocycles. The maximum atomic E-state index is 14.1. The van der Waals surface area contributed by atoms with Gasteiger partial charge >= 0.3 is 5.51 Å². The van der Waals surface area contributed by atoms with Gasteiger partial charge < -0.3 is 5.32 Å². The molecule has 0 aliphatic heterocycles. The third-order valence-corrected chi connectivity index (χ3v) is 4.48. The Morgan fingerprint density at radius 2 is 2.04 bits per heavy atom. The summed E-state index contributed by atoms with van der Waals surface area (Å²) >= 11 is -0.462. The molecule has 10 heteroatoms. The van der Waals surface area contributed by atoms with E-state index in [-0.39, 0.29) is 6.04 Å². The van der Waals surface area contributed by atoms with Crippen molar-refractivity contribution >= 4 is 23.4 Å². The normalized spacial score (nSPS) is 13.2. The van der Waals surface area contributed by atoms with E-state index in [0.717, 1.165) is 17.8 Å². The molecule has 26 heavy (non-hydrogen) atoms. The second-order valence-corrected chi connectivity index (χ2v) is 6.70. The van der Waals surface area contributed by atoms with Gasteiger partial charge in [0.05, 0.1) is 10.9 Å². The number of aromatic nitrogens is 4. The number of nitrogens with one attached hydrogen (secondary N) is 1. The zero-order chi connectivity index (χ0) is 18.9. The summed E-state index contributed by atoms with van der Waals surface area (Å²) in [6, 6.07) is 5.22. The average molecular weight is 385 g/mol. The van der Waals surface area contributed by atoms with Crippen molar-refractivity contribution in [2.75, 3.05) is 5.32 Å². The maximum Gasteiger partial charge on any atom is 0.446 e. The molecule has 0 aliphatic rings. The number of aryl methyl sites for hydroxylation is 1. The molecule has 0 fully saturated rings. The molecule has 0 unspecified atom stereocenters. The van der Waals surface area contributed by atoms with Crippen LogP contribution in [0.5, 0.6) is 0 Å². The van der Waals surface area contributed by atoms with E-state index >= 15 is 0 Å². The zero-order valence-electron chi connectivity index (χ0n) is 13.9. The van der Waals surface area contributed by atoms with Crippen molar-refractivity contribution in [1.29, 1.82) is 0 Å². The van der Waals surface area contributed by atoms with Crippen LogP contribution in [0.15, 0.2) is 35.5 Å². The molecule has 1 atom stereocenters. The van der Waals surface area contributed by atoms with Gasteiger partial charge in [-0.15, -0.1) is 0 Å². The molecule has 2 heterocycles. The summed E-state index contributed by atoms with van der Waals surface area (Å²) in [7, 11) is 0. The number of benzene rings is 1. The quantitative estimate of drug-likeness (QED) is 0.508. The van der Waals surface area contributed by atoms with Crippen LogP contribution in [0, 0.1) is 12.7 Å². The van der Waals surface area contributed by atoms with Crippen molar-refractivity contribution in [2.24, 2.45) is 0 Å². The van der Waals surface area contributed by atoms with Gasteiger partial charge in [0.2, 0.25) is 0 Å². The number of fused-ring (bicyclic) bond motifs is 1. The summed E-state index contributed by atoms with van der Waals surface area (Å²) in [6.07, 6.45) is 1.96. The lowest BCUT2D eigenvalue weighted by Crippen LogP contribution is -2.14. The van der Waals surface area contributed by atoms with E-state index < -0.39 is 28.0 Å². The number of anilines is 1. The maximum absolute atomic E-state index is 14.1. The van der Waals surface area contributed by atoms with Gasteiger partial charge in [-0.05, 0) is 42.8 Å². The lowest BCUT2D eigenvalue weighted by Gasteiger charge is -2.20. The Balaban J connectivity index is 1.89. The fraction of sp³-hybridized carbons (Fsp3) is 0.312. The van der Waals surface area contributed by atoms with E-state index in [2.05, 4.69) is 20.4 Å². The second kappa shape index (κ2) is 7.10. The van der Waals surface area contributed by atoms with E-state index in [1.165, 1.54) is 16.9 Å². The van der Waals surface area contributed by atoms with Crippen LogP contribution in [-0.4, -0.2) is 25.1 Å². The highest BCUT2D eigenvalue weighted by molar-refractivity contribution is 8.00. The van der Waals surface area contributed by atoms with E-state index in [4.69, 9.17) is 0 Å². The van der Waals surface area contributed by atoms with Crippen molar-refractivity contribution < 1.29 is 17.6 Å². The molecule has 1 aromatic carbocycles. The van der Waals surface area contributed by atoms with Gasteiger partial charge in [-0.3, -0.25) is 0 Å². The van der Waals surface area contributed by atoms with Gasteiger partial charge in [0.15, 0.2) is 0 Å². The van der Waals surface area contributed by atoms with Crippen molar-refractivity contribution in [3.8, 4) is 0 Å². The third kappa shape index (κ3) is 4.06. The molecule has 0 amide bonds. The molecule has 0 bridgehead atoms. The fourth-order valence-corrected chi connectivity index (χ4v) is 3.12. The minimum Gasteiger partial charge on any atom is -0.363 e. The summed E-state index contributed by atoms with van der Waals surface area (Å²) in [4.78, 5) is 7.83. The van der Waals surface area contributed by atoms with E-state index in [9.17, 15) is 17.6 Å². The summed E-state index contributed by atoms with van der Waals surface area (Å²) in [6.45, 7) is 3.70. The van der Waals surface area contributed by atoms with Crippen LogP contribution in [0.3, 0.4) is 0 Å². The Hall–Kier alpha value is -2.36. The number of alkyl halides is 3. The molecule has 1 N–H and O–H groups in total. The summed E-state index contributed by atoms with van der Waals surface area (Å²) < 4.78 is 53.0. The zero-order valence-corrected chi connectivity index (χ0v) is 14.7. The lowest BCUT2D eigenvalue weighted by atomic mass is 10.0. The topological polar surface area (TPSA) is 55.1 Å².